The van der Waals surface area contributed by atoms with Gasteiger partial charge in [-0.3, -0.25) is 9.59 Å². The minimum atomic E-state index is -0.407. The fourth-order valence-corrected chi connectivity index (χ4v) is 2.64. The van der Waals surface area contributed by atoms with Crippen molar-refractivity contribution in [1.82, 2.24) is 15.0 Å². The smallest absolute Gasteiger partial charge is 0.308 e. The highest BCUT2D eigenvalue weighted by Crippen LogP contribution is 2.18. The van der Waals surface area contributed by atoms with Gasteiger partial charge in [-0.15, -0.1) is 0 Å². The zero-order valence-corrected chi connectivity index (χ0v) is 16.0. The summed E-state index contributed by atoms with van der Waals surface area (Å²) in [4.78, 5) is 29.7. The Balaban J connectivity index is 1.70. The number of ether oxygens (including phenoxy) is 1. The lowest BCUT2D eigenvalue weighted by Crippen LogP contribution is -2.30. The van der Waals surface area contributed by atoms with E-state index in [-0.39, 0.29) is 12.5 Å². The molecule has 3 rings (SSSR count). The largest absolute Gasteiger partial charge is 0.427 e. The number of esters is 1. The van der Waals surface area contributed by atoms with E-state index in [1.165, 1.54) is 6.92 Å². The highest BCUT2D eigenvalue weighted by Gasteiger charge is 2.18. The van der Waals surface area contributed by atoms with Crippen LogP contribution in [0.4, 0.5) is 0 Å². The number of hydrogen-bond acceptors (Lipinski definition) is 6. The molecule has 0 radical (unpaired) electrons. The second-order valence-corrected chi connectivity index (χ2v) is 6.32. The Morgan fingerprint density at radius 3 is 2.36 bits per heavy atom. The molecule has 7 heteroatoms. The molecule has 0 bridgehead atoms. The van der Waals surface area contributed by atoms with Crippen LogP contribution in [0.15, 0.2) is 53.1 Å². The van der Waals surface area contributed by atoms with Gasteiger partial charge >= 0.3 is 5.97 Å². The topological polar surface area (TPSA) is 85.5 Å². The number of carbonyl (C=O) groups excluding carboxylic acids is 2. The highest BCUT2D eigenvalue weighted by molar-refractivity contribution is 5.94. The summed E-state index contributed by atoms with van der Waals surface area (Å²) in [7, 11) is 0. The van der Waals surface area contributed by atoms with Gasteiger partial charge in [0.05, 0.1) is 0 Å². The molecular weight excluding hydrogens is 358 g/mol. The van der Waals surface area contributed by atoms with E-state index in [9.17, 15) is 9.59 Å². The van der Waals surface area contributed by atoms with Gasteiger partial charge in [-0.25, -0.2) is 0 Å². The van der Waals surface area contributed by atoms with Gasteiger partial charge in [0.15, 0.2) is 0 Å². The van der Waals surface area contributed by atoms with Crippen LogP contribution >= 0.6 is 0 Å². The highest BCUT2D eigenvalue weighted by atomic mass is 16.5. The van der Waals surface area contributed by atoms with Crippen LogP contribution in [-0.2, 0) is 11.3 Å². The van der Waals surface area contributed by atoms with Gasteiger partial charge in [0.1, 0.15) is 12.3 Å². The molecule has 0 saturated heterocycles. The molecule has 7 nitrogen and oxygen atoms in total. The lowest BCUT2D eigenvalue weighted by Gasteiger charge is -2.18. The molecule has 28 heavy (non-hydrogen) atoms. The van der Waals surface area contributed by atoms with Crippen molar-refractivity contribution in [3.63, 3.8) is 0 Å². The van der Waals surface area contributed by atoms with Crippen LogP contribution in [0.25, 0.3) is 11.4 Å². The van der Waals surface area contributed by atoms with Crippen molar-refractivity contribution in [3.05, 3.63) is 65.5 Å². The Labute approximate surface area is 162 Å². The van der Waals surface area contributed by atoms with E-state index in [0.29, 0.717) is 29.6 Å². The fraction of sp³-hybridized carbons (Fsp3) is 0.238. The maximum atomic E-state index is 12.8. The van der Waals surface area contributed by atoms with Gasteiger partial charge in [0, 0.05) is 24.6 Å². The lowest BCUT2D eigenvalue weighted by atomic mass is 10.1. The Morgan fingerprint density at radius 2 is 1.75 bits per heavy atom. The number of aromatic nitrogens is 2. The van der Waals surface area contributed by atoms with E-state index in [1.54, 1.807) is 29.2 Å². The molecule has 0 N–H and O–H groups in total. The maximum absolute atomic E-state index is 12.8. The van der Waals surface area contributed by atoms with Crippen molar-refractivity contribution in [3.8, 4) is 17.1 Å². The third-order valence-electron chi connectivity index (χ3n) is 4.14. The molecular formula is C21H21N3O4. The van der Waals surface area contributed by atoms with E-state index in [0.717, 1.165) is 11.1 Å². The Kier molecular flexibility index (Phi) is 5.84. The van der Waals surface area contributed by atoms with Crippen LogP contribution in [-0.4, -0.2) is 33.5 Å². The van der Waals surface area contributed by atoms with E-state index in [2.05, 4.69) is 10.1 Å². The molecule has 0 aliphatic rings. The summed E-state index contributed by atoms with van der Waals surface area (Å²) in [6, 6.07) is 14.2. The molecule has 1 heterocycles. The van der Waals surface area contributed by atoms with Crippen molar-refractivity contribution in [2.45, 2.75) is 27.3 Å². The minimum Gasteiger partial charge on any atom is -0.427 e. The first-order valence-electron chi connectivity index (χ1n) is 8.93. The summed E-state index contributed by atoms with van der Waals surface area (Å²) in [5.41, 5.74) is 2.49. The summed E-state index contributed by atoms with van der Waals surface area (Å²) in [5, 5.41) is 4.00. The molecule has 0 aliphatic carbocycles. The summed E-state index contributed by atoms with van der Waals surface area (Å²) in [6.07, 6.45) is 0. The number of aryl methyl sites for hydroxylation is 1. The number of carbonyl (C=O) groups is 2. The minimum absolute atomic E-state index is 0.174. The zero-order valence-electron chi connectivity index (χ0n) is 16.0. The summed E-state index contributed by atoms with van der Waals surface area (Å²) in [5.74, 6) is 0.667. The van der Waals surface area contributed by atoms with Crippen molar-refractivity contribution < 1.29 is 18.8 Å². The van der Waals surface area contributed by atoms with Crippen LogP contribution in [0.2, 0.25) is 0 Å². The second-order valence-electron chi connectivity index (χ2n) is 6.32. The first kappa shape index (κ1) is 19.3. The van der Waals surface area contributed by atoms with Crippen molar-refractivity contribution in [1.29, 1.82) is 0 Å². The number of nitrogens with zero attached hydrogens (tertiary/aromatic N) is 3. The average molecular weight is 379 g/mol. The molecule has 0 spiro atoms. The van der Waals surface area contributed by atoms with E-state index in [1.807, 2.05) is 38.1 Å². The normalized spacial score (nSPS) is 10.5. The molecule has 0 fully saturated rings. The standard InChI is InChI=1S/C21H21N3O4/c1-4-24(21(26)17-9-11-18(12-10-17)27-15(3)25)13-19-22-20(23-28-19)16-7-5-14(2)6-8-16/h5-12H,4,13H2,1-3H3. The quantitative estimate of drug-likeness (QED) is 0.480. The number of amides is 1. The fourth-order valence-electron chi connectivity index (χ4n) is 2.64. The van der Waals surface area contributed by atoms with Crippen LogP contribution < -0.4 is 4.74 Å². The SMILES string of the molecule is CCN(Cc1nc(-c2ccc(C)cc2)no1)C(=O)c1ccc(OC(C)=O)cc1. The van der Waals surface area contributed by atoms with Crippen molar-refractivity contribution >= 4 is 11.9 Å². The molecule has 1 amide bonds. The Hall–Kier alpha value is -3.48. The van der Waals surface area contributed by atoms with Crippen molar-refractivity contribution in [2.24, 2.45) is 0 Å². The third-order valence-corrected chi connectivity index (χ3v) is 4.14. The predicted octanol–water partition coefficient (Wildman–Crippen LogP) is 3.63. The van der Waals surface area contributed by atoms with Gasteiger partial charge in [0.2, 0.25) is 11.7 Å². The number of benzene rings is 2. The first-order valence-corrected chi connectivity index (χ1v) is 8.93. The number of rotatable bonds is 6. The molecule has 0 unspecified atom stereocenters. The third kappa shape index (κ3) is 4.62. The molecule has 2 aromatic carbocycles. The summed E-state index contributed by atoms with van der Waals surface area (Å²) >= 11 is 0. The second kappa shape index (κ2) is 8.47. The van der Waals surface area contributed by atoms with E-state index < -0.39 is 5.97 Å². The van der Waals surface area contributed by atoms with Gasteiger partial charge < -0.3 is 14.2 Å². The van der Waals surface area contributed by atoms with Gasteiger partial charge in [-0.1, -0.05) is 35.0 Å². The van der Waals surface area contributed by atoms with Crippen molar-refractivity contribution in [2.75, 3.05) is 6.54 Å². The monoisotopic (exact) mass is 379 g/mol. The number of hydrogen-bond donors (Lipinski definition) is 0. The first-order chi connectivity index (χ1) is 13.5. The van der Waals surface area contributed by atoms with E-state index in [4.69, 9.17) is 9.26 Å². The zero-order chi connectivity index (χ0) is 20.1. The van der Waals surface area contributed by atoms with Crippen LogP contribution in [0.3, 0.4) is 0 Å². The van der Waals surface area contributed by atoms with Gasteiger partial charge in [-0.2, -0.15) is 4.98 Å². The maximum Gasteiger partial charge on any atom is 0.308 e. The predicted molar refractivity (Wildman–Crippen MR) is 103 cm³/mol. The molecule has 0 atom stereocenters. The summed E-state index contributed by atoms with van der Waals surface area (Å²) < 4.78 is 10.3. The van der Waals surface area contributed by atoms with Crippen LogP contribution in [0, 0.1) is 6.92 Å². The summed E-state index contributed by atoms with van der Waals surface area (Å²) in [6.45, 7) is 5.90. The van der Waals surface area contributed by atoms with E-state index >= 15 is 0 Å². The Morgan fingerprint density at radius 1 is 1.07 bits per heavy atom. The molecule has 3 aromatic rings. The molecule has 144 valence electrons. The van der Waals surface area contributed by atoms with Crippen LogP contribution in [0.5, 0.6) is 5.75 Å². The molecule has 0 aliphatic heterocycles. The average Bonchev–Trinajstić information content (AvgIpc) is 3.15. The van der Waals surface area contributed by atoms with Gasteiger partial charge in [0.25, 0.3) is 5.91 Å². The van der Waals surface area contributed by atoms with Crippen LogP contribution in [0.1, 0.15) is 35.7 Å². The molecule has 1 aromatic heterocycles. The molecule has 0 saturated carbocycles. The van der Waals surface area contributed by atoms with Gasteiger partial charge in [-0.05, 0) is 38.1 Å². The Bertz CT molecular complexity index is 962. The lowest BCUT2D eigenvalue weighted by molar-refractivity contribution is -0.131.